The van der Waals surface area contributed by atoms with Gasteiger partial charge in [0.25, 0.3) is 0 Å². The van der Waals surface area contributed by atoms with Gasteiger partial charge in [-0.3, -0.25) is 0 Å². The van der Waals surface area contributed by atoms with E-state index in [2.05, 4.69) is 20.8 Å². The SMILES string of the molecule is Cn1nnnc1NC(C(=O)O)C1CC1. The van der Waals surface area contributed by atoms with Gasteiger partial charge in [0.1, 0.15) is 6.04 Å². The van der Waals surface area contributed by atoms with Crippen LogP contribution in [0.25, 0.3) is 0 Å². The Morgan fingerprint density at radius 2 is 2.43 bits per heavy atom. The Morgan fingerprint density at radius 3 is 2.86 bits per heavy atom. The van der Waals surface area contributed by atoms with Crippen molar-refractivity contribution in [2.24, 2.45) is 13.0 Å². The number of carboxylic acids is 1. The Bertz CT molecular complexity index is 346. The Balaban J connectivity index is 2.07. The number of tetrazole rings is 1. The molecular formula is C7H11N5O2. The quantitative estimate of drug-likeness (QED) is 0.675. The molecule has 2 rings (SSSR count). The first-order valence-electron chi connectivity index (χ1n) is 4.40. The zero-order valence-electron chi connectivity index (χ0n) is 7.71. The Hall–Kier alpha value is -1.66. The van der Waals surface area contributed by atoms with Crippen LogP contribution in [0, 0.1) is 5.92 Å². The van der Waals surface area contributed by atoms with E-state index in [0.29, 0.717) is 5.95 Å². The molecule has 1 saturated carbocycles. The third-order valence-electron chi connectivity index (χ3n) is 2.26. The number of carboxylic acid groups (broad SMARTS) is 1. The minimum absolute atomic E-state index is 0.212. The maximum absolute atomic E-state index is 10.9. The van der Waals surface area contributed by atoms with Gasteiger partial charge in [-0.2, -0.15) is 0 Å². The first-order chi connectivity index (χ1) is 6.68. The molecule has 1 aromatic rings. The summed E-state index contributed by atoms with van der Waals surface area (Å²) in [6, 6.07) is -0.570. The number of carbonyl (C=O) groups is 1. The molecule has 7 heteroatoms. The van der Waals surface area contributed by atoms with E-state index in [1.165, 1.54) is 4.68 Å². The average molecular weight is 197 g/mol. The first-order valence-corrected chi connectivity index (χ1v) is 4.40. The summed E-state index contributed by atoms with van der Waals surface area (Å²) in [5, 5.41) is 22.5. The molecule has 1 fully saturated rings. The highest BCUT2D eigenvalue weighted by atomic mass is 16.4. The van der Waals surface area contributed by atoms with Crippen molar-refractivity contribution in [1.29, 1.82) is 0 Å². The Labute approximate surface area is 80.1 Å². The van der Waals surface area contributed by atoms with Gasteiger partial charge >= 0.3 is 5.97 Å². The van der Waals surface area contributed by atoms with Crippen molar-refractivity contribution in [3.8, 4) is 0 Å². The van der Waals surface area contributed by atoms with Gasteiger partial charge in [-0.25, -0.2) is 9.48 Å². The lowest BCUT2D eigenvalue weighted by molar-refractivity contribution is -0.138. The fraction of sp³-hybridized carbons (Fsp3) is 0.714. The fourth-order valence-electron chi connectivity index (χ4n) is 1.30. The summed E-state index contributed by atoms with van der Waals surface area (Å²) in [4.78, 5) is 10.9. The van der Waals surface area contributed by atoms with Crippen LogP contribution in [0.1, 0.15) is 12.8 Å². The van der Waals surface area contributed by atoms with Gasteiger partial charge in [-0.05, 0) is 29.2 Å². The minimum Gasteiger partial charge on any atom is -0.480 e. The zero-order valence-corrected chi connectivity index (χ0v) is 7.71. The predicted octanol–water partition coefficient (Wildman–Crippen LogP) is -0.515. The van der Waals surface area contributed by atoms with E-state index in [1.54, 1.807) is 7.05 Å². The summed E-state index contributed by atoms with van der Waals surface area (Å²) >= 11 is 0. The lowest BCUT2D eigenvalue weighted by Gasteiger charge is -2.12. The van der Waals surface area contributed by atoms with Gasteiger partial charge in [0.15, 0.2) is 0 Å². The first kappa shape index (κ1) is 8.92. The van der Waals surface area contributed by atoms with E-state index in [9.17, 15) is 4.79 Å². The fourth-order valence-corrected chi connectivity index (χ4v) is 1.30. The third-order valence-corrected chi connectivity index (χ3v) is 2.26. The standard InChI is InChI=1S/C7H11N5O2/c1-12-7(9-10-11-12)8-5(6(13)14)4-2-3-4/h4-5H,2-3H2,1H3,(H,13,14)(H,8,9,11). The van der Waals surface area contributed by atoms with Crippen LogP contribution in [0.4, 0.5) is 5.95 Å². The normalized spacial score (nSPS) is 17.8. The number of anilines is 1. The van der Waals surface area contributed by atoms with Crippen LogP contribution in [0.5, 0.6) is 0 Å². The molecule has 0 aromatic carbocycles. The second-order valence-corrected chi connectivity index (χ2v) is 3.42. The van der Waals surface area contributed by atoms with E-state index in [1.807, 2.05) is 0 Å². The van der Waals surface area contributed by atoms with Crippen LogP contribution in [-0.4, -0.2) is 37.3 Å². The second-order valence-electron chi connectivity index (χ2n) is 3.42. The molecule has 1 aliphatic rings. The third kappa shape index (κ3) is 1.66. The van der Waals surface area contributed by atoms with Crippen LogP contribution < -0.4 is 5.32 Å². The van der Waals surface area contributed by atoms with Crippen molar-refractivity contribution < 1.29 is 9.90 Å². The van der Waals surface area contributed by atoms with Crippen molar-refractivity contribution >= 4 is 11.9 Å². The summed E-state index contributed by atoms with van der Waals surface area (Å²) < 4.78 is 1.41. The molecule has 0 saturated heterocycles. The average Bonchev–Trinajstić information content (AvgIpc) is 2.87. The minimum atomic E-state index is -0.851. The highest BCUT2D eigenvalue weighted by Gasteiger charge is 2.36. The van der Waals surface area contributed by atoms with Crippen LogP contribution in [0.3, 0.4) is 0 Å². The van der Waals surface area contributed by atoms with Crippen molar-refractivity contribution in [3.05, 3.63) is 0 Å². The van der Waals surface area contributed by atoms with Crippen LogP contribution in [0.2, 0.25) is 0 Å². The van der Waals surface area contributed by atoms with Crippen molar-refractivity contribution in [2.45, 2.75) is 18.9 Å². The van der Waals surface area contributed by atoms with E-state index in [-0.39, 0.29) is 5.92 Å². The van der Waals surface area contributed by atoms with E-state index >= 15 is 0 Å². The molecule has 0 aliphatic heterocycles. The van der Waals surface area contributed by atoms with Gasteiger partial charge in [0.05, 0.1) is 0 Å². The lowest BCUT2D eigenvalue weighted by Crippen LogP contribution is -2.32. The molecule has 1 atom stereocenters. The molecule has 0 amide bonds. The molecule has 0 bridgehead atoms. The van der Waals surface area contributed by atoms with Gasteiger partial charge in [-0.15, -0.1) is 0 Å². The monoisotopic (exact) mass is 197 g/mol. The van der Waals surface area contributed by atoms with Gasteiger partial charge in [0, 0.05) is 7.05 Å². The zero-order chi connectivity index (χ0) is 10.1. The summed E-state index contributed by atoms with van der Waals surface area (Å²) in [6.07, 6.45) is 1.91. The molecule has 14 heavy (non-hydrogen) atoms. The summed E-state index contributed by atoms with van der Waals surface area (Å²) in [5.41, 5.74) is 0. The van der Waals surface area contributed by atoms with E-state index in [4.69, 9.17) is 5.11 Å². The summed E-state index contributed by atoms with van der Waals surface area (Å²) in [5.74, 6) is -0.246. The van der Waals surface area contributed by atoms with Gasteiger partial charge < -0.3 is 10.4 Å². The van der Waals surface area contributed by atoms with Crippen molar-refractivity contribution in [3.63, 3.8) is 0 Å². The molecule has 1 aliphatic carbocycles. The van der Waals surface area contributed by atoms with E-state index in [0.717, 1.165) is 12.8 Å². The van der Waals surface area contributed by atoms with Gasteiger partial charge in [-0.1, -0.05) is 5.10 Å². The van der Waals surface area contributed by atoms with Crippen molar-refractivity contribution in [2.75, 3.05) is 5.32 Å². The molecule has 0 radical (unpaired) electrons. The largest absolute Gasteiger partial charge is 0.480 e. The van der Waals surface area contributed by atoms with E-state index < -0.39 is 12.0 Å². The number of aryl methyl sites for hydroxylation is 1. The maximum atomic E-state index is 10.9. The molecule has 2 N–H and O–H groups in total. The highest BCUT2D eigenvalue weighted by molar-refractivity contribution is 5.77. The maximum Gasteiger partial charge on any atom is 0.326 e. The smallest absolute Gasteiger partial charge is 0.326 e. The summed E-state index contributed by atoms with van der Waals surface area (Å²) in [6.45, 7) is 0. The Kier molecular flexibility index (Phi) is 2.06. The molecule has 1 heterocycles. The number of aliphatic carboxylic acids is 1. The van der Waals surface area contributed by atoms with Crippen LogP contribution >= 0.6 is 0 Å². The number of nitrogens with one attached hydrogen (secondary N) is 1. The number of rotatable bonds is 4. The second kappa shape index (κ2) is 3.24. The topological polar surface area (TPSA) is 92.9 Å². The summed E-state index contributed by atoms with van der Waals surface area (Å²) in [7, 11) is 1.66. The number of nitrogens with zero attached hydrogens (tertiary/aromatic N) is 4. The molecule has 0 spiro atoms. The number of hydrogen-bond donors (Lipinski definition) is 2. The molecule has 7 nitrogen and oxygen atoms in total. The highest BCUT2D eigenvalue weighted by Crippen LogP contribution is 2.33. The number of aromatic nitrogens is 4. The van der Waals surface area contributed by atoms with Crippen LogP contribution in [0.15, 0.2) is 0 Å². The molecular weight excluding hydrogens is 186 g/mol. The van der Waals surface area contributed by atoms with Gasteiger partial charge in [0.2, 0.25) is 5.95 Å². The lowest BCUT2D eigenvalue weighted by atomic mass is 10.2. The molecule has 1 aromatic heterocycles. The molecule has 76 valence electrons. The van der Waals surface area contributed by atoms with Crippen LogP contribution in [-0.2, 0) is 11.8 Å². The predicted molar refractivity (Wildman–Crippen MR) is 46.6 cm³/mol. The number of hydrogen-bond acceptors (Lipinski definition) is 5. The Morgan fingerprint density at radius 1 is 1.71 bits per heavy atom. The molecule has 1 unspecified atom stereocenters. The van der Waals surface area contributed by atoms with Crippen molar-refractivity contribution in [1.82, 2.24) is 20.2 Å².